The molecule has 0 radical (unpaired) electrons. The maximum absolute atomic E-state index is 13.1. The van der Waals surface area contributed by atoms with Gasteiger partial charge in [-0.05, 0) is 50.8 Å². The number of hydrogen-bond acceptors (Lipinski definition) is 2. The number of aliphatic hydroxyl groups excluding tert-OH is 1. The maximum Gasteiger partial charge on any atom is 0.125 e. The zero-order chi connectivity index (χ0) is 13.4. The molecule has 0 spiro atoms. The molecule has 1 unspecified atom stereocenters. The Morgan fingerprint density at radius 2 is 2.17 bits per heavy atom. The first-order valence-corrected chi connectivity index (χ1v) is 6.36. The Balaban J connectivity index is 2.44. The molecule has 1 N–H and O–H groups in total. The average Bonchev–Trinajstić information content (AvgIpc) is 2.35. The highest BCUT2D eigenvalue weighted by Crippen LogP contribution is 2.26. The first-order chi connectivity index (χ1) is 8.65. The Bertz CT molecular complexity index is 375. The van der Waals surface area contributed by atoms with Crippen LogP contribution in [0.15, 0.2) is 30.9 Å². The van der Waals surface area contributed by atoms with E-state index < -0.39 is 6.10 Å². The molecule has 18 heavy (non-hydrogen) atoms. The predicted molar refractivity (Wildman–Crippen MR) is 71.2 cm³/mol. The Morgan fingerprint density at radius 3 is 2.83 bits per heavy atom. The van der Waals surface area contributed by atoms with Crippen molar-refractivity contribution in [1.82, 2.24) is 0 Å². The summed E-state index contributed by atoms with van der Waals surface area (Å²) in [7, 11) is 0. The van der Waals surface area contributed by atoms with E-state index in [4.69, 9.17) is 4.74 Å². The number of halogens is 1. The summed E-state index contributed by atoms with van der Waals surface area (Å²) in [6.07, 6.45) is 5.35. The van der Waals surface area contributed by atoms with Gasteiger partial charge in [-0.25, -0.2) is 4.39 Å². The van der Waals surface area contributed by atoms with E-state index in [0.29, 0.717) is 17.9 Å². The lowest BCUT2D eigenvalue weighted by Gasteiger charge is -2.13. The second-order valence-corrected chi connectivity index (χ2v) is 4.34. The molecule has 0 aliphatic heterocycles. The number of ether oxygens (including phenoxy) is 1. The Labute approximate surface area is 108 Å². The molecule has 0 bridgehead atoms. The molecule has 1 aromatic carbocycles. The third-order valence-corrected chi connectivity index (χ3v) is 2.73. The van der Waals surface area contributed by atoms with Gasteiger partial charge < -0.3 is 9.84 Å². The van der Waals surface area contributed by atoms with Gasteiger partial charge in [0.15, 0.2) is 0 Å². The van der Waals surface area contributed by atoms with Crippen molar-refractivity contribution in [3.63, 3.8) is 0 Å². The largest absolute Gasteiger partial charge is 0.493 e. The number of hydrogen-bond donors (Lipinski definition) is 1. The van der Waals surface area contributed by atoms with E-state index in [0.717, 1.165) is 25.7 Å². The zero-order valence-electron chi connectivity index (χ0n) is 10.9. The summed E-state index contributed by atoms with van der Waals surface area (Å²) in [4.78, 5) is 0. The van der Waals surface area contributed by atoms with Crippen LogP contribution in [0.25, 0.3) is 0 Å². The van der Waals surface area contributed by atoms with Crippen LogP contribution in [-0.4, -0.2) is 11.7 Å². The monoisotopic (exact) mass is 252 g/mol. The highest BCUT2D eigenvalue weighted by molar-refractivity contribution is 5.35. The Hall–Kier alpha value is -1.35. The van der Waals surface area contributed by atoms with Crippen molar-refractivity contribution < 1.29 is 14.2 Å². The first kappa shape index (κ1) is 14.7. The fraction of sp³-hybridized carbons (Fsp3) is 0.467. The lowest BCUT2D eigenvalue weighted by atomic mass is 10.1. The van der Waals surface area contributed by atoms with E-state index in [1.807, 2.05) is 6.08 Å². The molecule has 3 heteroatoms. The fourth-order valence-corrected chi connectivity index (χ4v) is 1.73. The van der Waals surface area contributed by atoms with Gasteiger partial charge in [0.05, 0.1) is 12.7 Å². The van der Waals surface area contributed by atoms with Gasteiger partial charge in [-0.1, -0.05) is 6.08 Å². The van der Waals surface area contributed by atoms with Crippen LogP contribution in [0.2, 0.25) is 0 Å². The summed E-state index contributed by atoms with van der Waals surface area (Å²) in [6, 6.07) is 4.23. The standard InChI is InChI=1S/C15H21FO2/c1-3-4-5-6-7-10-18-15-9-8-13(16)11-14(15)12(2)17/h3,8-9,11-12,17H,1,4-7,10H2,2H3. The molecule has 0 amide bonds. The molecule has 0 aliphatic carbocycles. The third kappa shape index (κ3) is 4.88. The van der Waals surface area contributed by atoms with Crippen LogP contribution in [-0.2, 0) is 0 Å². The summed E-state index contributed by atoms with van der Waals surface area (Å²) >= 11 is 0. The Kier molecular flexibility index (Phi) is 6.44. The highest BCUT2D eigenvalue weighted by atomic mass is 19.1. The van der Waals surface area contributed by atoms with Crippen LogP contribution in [0.1, 0.15) is 44.3 Å². The molecule has 2 nitrogen and oxygen atoms in total. The highest BCUT2D eigenvalue weighted by Gasteiger charge is 2.10. The number of rotatable bonds is 8. The molecule has 100 valence electrons. The van der Waals surface area contributed by atoms with Gasteiger partial charge in [0, 0.05) is 5.56 Å². The summed E-state index contributed by atoms with van der Waals surface area (Å²) in [6.45, 7) is 5.86. The molecule has 0 heterocycles. The molecule has 0 aliphatic rings. The van der Waals surface area contributed by atoms with E-state index in [9.17, 15) is 9.50 Å². The second kappa shape index (κ2) is 7.88. The first-order valence-electron chi connectivity index (χ1n) is 6.36. The third-order valence-electron chi connectivity index (χ3n) is 2.73. The van der Waals surface area contributed by atoms with Gasteiger partial charge in [-0.15, -0.1) is 6.58 Å². The van der Waals surface area contributed by atoms with E-state index in [-0.39, 0.29) is 5.82 Å². The molecule has 1 atom stereocenters. The predicted octanol–water partition coefficient (Wildman–Crippen LogP) is 4.00. The molecule has 1 aromatic rings. The quantitative estimate of drug-likeness (QED) is 0.559. The number of benzene rings is 1. The summed E-state index contributed by atoms with van der Waals surface area (Å²) in [5.41, 5.74) is 0.501. The van der Waals surface area contributed by atoms with Gasteiger partial charge in [-0.2, -0.15) is 0 Å². The van der Waals surface area contributed by atoms with Crippen LogP contribution in [0.3, 0.4) is 0 Å². The van der Waals surface area contributed by atoms with E-state index in [1.54, 1.807) is 13.0 Å². The second-order valence-electron chi connectivity index (χ2n) is 4.34. The van der Waals surface area contributed by atoms with Gasteiger partial charge in [-0.3, -0.25) is 0 Å². The van der Waals surface area contributed by atoms with Crippen molar-refractivity contribution in [3.8, 4) is 5.75 Å². The van der Waals surface area contributed by atoms with Crippen LogP contribution in [0.4, 0.5) is 4.39 Å². The van der Waals surface area contributed by atoms with Gasteiger partial charge in [0.2, 0.25) is 0 Å². The minimum Gasteiger partial charge on any atom is -0.493 e. The average molecular weight is 252 g/mol. The topological polar surface area (TPSA) is 29.5 Å². The number of unbranched alkanes of at least 4 members (excludes halogenated alkanes) is 3. The van der Waals surface area contributed by atoms with Crippen molar-refractivity contribution in [1.29, 1.82) is 0 Å². The molecule has 0 saturated heterocycles. The number of allylic oxidation sites excluding steroid dienone is 1. The minimum absolute atomic E-state index is 0.357. The van der Waals surface area contributed by atoms with Gasteiger partial charge in [0.25, 0.3) is 0 Å². The van der Waals surface area contributed by atoms with Gasteiger partial charge in [0.1, 0.15) is 11.6 Å². The van der Waals surface area contributed by atoms with Crippen LogP contribution >= 0.6 is 0 Å². The van der Waals surface area contributed by atoms with Crippen molar-refractivity contribution in [2.24, 2.45) is 0 Å². The summed E-state index contributed by atoms with van der Waals surface area (Å²) in [5, 5.41) is 9.54. The molecule has 1 rings (SSSR count). The van der Waals surface area contributed by atoms with Crippen LogP contribution < -0.4 is 4.74 Å². The molecule has 0 aromatic heterocycles. The van der Waals surface area contributed by atoms with Crippen molar-refractivity contribution in [3.05, 3.63) is 42.2 Å². The van der Waals surface area contributed by atoms with Crippen molar-refractivity contribution in [2.75, 3.05) is 6.61 Å². The molecular weight excluding hydrogens is 231 g/mol. The maximum atomic E-state index is 13.1. The molecule has 0 fully saturated rings. The van der Waals surface area contributed by atoms with E-state index >= 15 is 0 Å². The van der Waals surface area contributed by atoms with Crippen molar-refractivity contribution >= 4 is 0 Å². The lowest BCUT2D eigenvalue weighted by Crippen LogP contribution is -2.03. The zero-order valence-corrected chi connectivity index (χ0v) is 10.9. The number of aliphatic hydroxyl groups is 1. The summed E-state index contributed by atoms with van der Waals surface area (Å²) < 4.78 is 18.6. The molecular formula is C15H21FO2. The smallest absolute Gasteiger partial charge is 0.125 e. The normalized spacial score (nSPS) is 12.2. The molecule has 0 saturated carbocycles. The van der Waals surface area contributed by atoms with E-state index in [1.165, 1.54) is 12.1 Å². The summed E-state index contributed by atoms with van der Waals surface area (Å²) in [5.74, 6) is 0.208. The van der Waals surface area contributed by atoms with Crippen LogP contribution in [0, 0.1) is 5.82 Å². The fourth-order valence-electron chi connectivity index (χ4n) is 1.73. The van der Waals surface area contributed by atoms with E-state index in [2.05, 4.69) is 6.58 Å². The van der Waals surface area contributed by atoms with Crippen LogP contribution in [0.5, 0.6) is 5.75 Å². The van der Waals surface area contributed by atoms with Gasteiger partial charge >= 0.3 is 0 Å². The Morgan fingerprint density at radius 1 is 1.39 bits per heavy atom. The lowest BCUT2D eigenvalue weighted by molar-refractivity contribution is 0.190. The SMILES string of the molecule is C=CCCCCCOc1ccc(F)cc1C(C)O. The minimum atomic E-state index is -0.725. The van der Waals surface area contributed by atoms with Crippen molar-refractivity contribution in [2.45, 2.75) is 38.7 Å².